The number of carbonyl (C=O) groups excluding carboxylic acids is 1. The van der Waals surface area contributed by atoms with Crippen molar-refractivity contribution in [3.63, 3.8) is 0 Å². The Balaban J connectivity index is 0.00000137. The standard InChI is InChI=1S/C10H12N4O2.C2H6/c1-7(15)8-5-6-9(16-4)13-10(8)14(11-2)12-3;1-2/h5-6H,2-3H2,1,4H3;1-2H3. The highest BCUT2D eigenvalue weighted by atomic mass is 16.5. The van der Waals surface area contributed by atoms with Crippen LogP contribution in [-0.2, 0) is 0 Å². The molecule has 1 aromatic rings. The number of hydrogen-bond acceptors (Lipinski definition) is 6. The molecule has 0 bridgehead atoms. The molecule has 0 amide bonds. The molecule has 6 nitrogen and oxygen atoms in total. The lowest BCUT2D eigenvalue weighted by molar-refractivity contribution is 0.101. The molecule has 0 atom stereocenters. The number of ketones is 1. The smallest absolute Gasteiger partial charge is 0.215 e. The monoisotopic (exact) mass is 250 g/mol. The predicted octanol–water partition coefficient (Wildman–Crippen LogP) is 2.36. The first-order chi connectivity index (χ1) is 8.63. The Morgan fingerprint density at radius 3 is 2.28 bits per heavy atom. The van der Waals surface area contributed by atoms with Crippen molar-refractivity contribution in [1.82, 2.24) is 4.98 Å². The molecule has 1 rings (SSSR count). The summed E-state index contributed by atoms with van der Waals surface area (Å²) in [6, 6.07) is 3.18. The van der Waals surface area contributed by atoms with Crippen molar-refractivity contribution in [2.45, 2.75) is 20.8 Å². The van der Waals surface area contributed by atoms with Crippen molar-refractivity contribution in [1.29, 1.82) is 0 Å². The third-order valence-corrected chi connectivity index (χ3v) is 1.90. The van der Waals surface area contributed by atoms with Crippen LogP contribution in [-0.4, -0.2) is 31.3 Å². The number of ether oxygens (including phenoxy) is 1. The van der Waals surface area contributed by atoms with Gasteiger partial charge < -0.3 is 4.74 Å². The molecule has 0 radical (unpaired) electrons. The van der Waals surface area contributed by atoms with Crippen molar-refractivity contribution < 1.29 is 9.53 Å². The van der Waals surface area contributed by atoms with Gasteiger partial charge >= 0.3 is 0 Å². The number of carbonyl (C=O) groups is 1. The Labute approximate surface area is 107 Å². The Morgan fingerprint density at radius 1 is 1.33 bits per heavy atom. The minimum absolute atomic E-state index is 0.151. The zero-order chi connectivity index (χ0) is 14.1. The molecule has 0 spiro atoms. The fourth-order valence-corrected chi connectivity index (χ4v) is 1.15. The summed E-state index contributed by atoms with van der Waals surface area (Å²) in [6.07, 6.45) is 0. The SMILES string of the molecule is C=NN(N=C)c1nc(OC)ccc1C(C)=O.CC. The van der Waals surface area contributed by atoms with Gasteiger partial charge in [-0.05, 0) is 13.0 Å². The summed E-state index contributed by atoms with van der Waals surface area (Å²) in [5.41, 5.74) is 0.376. The number of hydrazone groups is 2. The van der Waals surface area contributed by atoms with Crippen LogP contribution in [0.4, 0.5) is 5.82 Å². The molecule has 18 heavy (non-hydrogen) atoms. The van der Waals surface area contributed by atoms with Gasteiger partial charge in [-0.2, -0.15) is 15.2 Å². The predicted molar refractivity (Wildman–Crippen MR) is 73.7 cm³/mol. The van der Waals surface area contributed by atoms with Crippen molar-refractivity contribution in [3.8, 4) is 5.88 Å². The van der Waals surface area contributed by atoms with E-state index >= 15 is 0 Å². The highest BCUT2D eigenvalue weighted by molar-refractivity contribution is 5.98. The molecule has 98 valence electrons. The summed E-state index contributed by atoms with van der Waals surface area (Å²) in [5.74, 6) is 0.455. The number of methoxy groups -OCH3 is 1. The van der Waals surface area contributed by atoms with Crippen molar-refractivity contribution in [2.75, 3.05) is 12.2 Å². The van der Waals surface area contributed by atoms with E-state index in [2.05, 4.69) is 28.6 Å². The average Bonchev–Trinajstić information content (AvgIpc) is 2.42. The van der Waals surface area contributed by atoms with E-state index in [-0.39, 0.29) is 11.6 Å². The maximum atomic E-state index is 11.4. The first-order valence-electron chi connectivity index (χ1n) is 5.43. The molecule has 6 heteroatoms. The van der Waals surface area contributed by atoms with E-state index in [0.29, 0.717) is 11.4 Å². The van der Waals surface area contributed by atoms with Crippen LogP contribution in [0, 0.1) is 0 Å². The number of hydrogen-bond donors (Lipinski definition) is 0. The van der Waals surface area contributed by atoms with E-state index in [9.17, 15) is 4.79 Å². The summed E-state index contributed by atoms with van der Waals surface area (Å²) in [5, 5.41) is 8.23. The van der Waals surface area contributed by atoms with Crippen LogP contribution in [0.5, 0.6) is 5.88 Å². The van der Waals surface area contributed by atoms with E-state index in [0.717, 1.165) is 5.12 Å². The second-order valence-corrected chi connectivity index (χ2v) is 2.85. The molecule has 0 saturated heterocycles. The van der Waals surface area contributed by atoms with Gasteiger partial charge in [0, 0.05) is 19.5 Å². The Bertz CT molecular complexity index is 424. The summed E-state index contributed by atoms with van der Waals surface area (Å²) < 4.78 is 4.96. The number of Topliss-reactive ketones (excluding diaryl/α,β-unsaturated/α-hetero) is 1. The largest absolute Gasteiger partial charge is 0.481 e. The molecule has 0 saturated carbocycles. The average molecular weight is 250 g/mol. The lowest BCUT2D eigenvalue weighted by Gasteiger charge is -2.13. The summed E-state index contributed by atoms with van der Waals surface area (Å²) in [4.78, 5) is 15.4. The molecule has 0 aliphatic rings. The van der Waals surface area contributed by atoms with Crippen molar-refractivity contribution in [3.05, 3.63) is 17.7 Å². The molecule has 0 aliphatic carbocycles. The number of aromatic nitrogens is 1. The maximum absolute atomic E-state index is 11.4. The van der Waals surface area contributed by atoms with Gasteiger partial charge in [0.2, 0.25) is 5.88 Å². The number of nitrogens with zero attached hydrogens (tertiary/aromatic N) is 4. The van der Waals surface area contributed by atoms with E-state index < -0.39 is 0 Å². The second-order valence-electron chi connectivity index (χ2n) is 2.85. The molecule has 0 N–H and O–H groups in total. The van der Waals surface area contributed by atoms with Crippen molar-refractivity contribution >= 4 is 25.0 Å². The van der Waals surface area contributed by atoms with Crippen LogP contribution in [0.2, 0.25) is 0 Å². The van der Waals surface area contributed by atoms with Gasteiger partial charge in [-0.1, -0.05) is 13.8 Å². The van der Waals surface area contributed by atoms with Gasteiger partial charge in [0.25, 0.3) is 0 Å². The van der Waals surface area contributed by atoms with E-state index in [1.54, 1.807) is 12.1 Å². The normalized spacial score (nSPS) is 8.67. The molecule has 1 aromatic heterocycles. The first-order valence-corrected chi connectivity index (χ1v) is 5.43. The zero-order valence-electron chi connectivity index (χ0n) is 11.2. The summed E-state index contributed by atoms with van der Waals surface area (Å²) in [7, 11) is 1.48. The van der Waals surface area contributed by atoms with Crippen LogP contribution in [0.1, 0.15) is 31.1 Å². The fraction of sp³-hybridized carbons (Fsp3) is 0.333. The van der Waals surface area contributed by atoms with Gasteiger partial charge in [-0.25, -0.2) is 0 Å². The quantitative estimate of drug-likeness (QED) is 0.457. The highest BCUT2D eigenvalue weighted by Gasteiger charge is 2.15. The van der Waals surface area contributed by atoms with Crippen LogP contribution < -0.4 is 9.85 Å². The van der Waals surface area contributed by atoms with E-state index in [1.165, 1.54) is 14.0 Å². The van der Waals surface area contributed by atoms with Gasteiger partial charge in [-0.15, -0.1) is 5.12 Å². The topological polar surface area (TPSA) is 67.2 Å². The van der Waals surface area contributed by atoms with Crippen LogP contribution >= 0.6 is 0 Å². The Hall–Kier alpha value is -2.24. The third kappa shape index (κ3) is 3.65. The minimum atomic E-state index is -0.151. The molecular formula is C12H18N4O2. The molecule has 1 heterocycles. The lowest BCUT2D eigenvalue weighted by Crippen LogP contribution is -2.13. The Kier molecular flexibility index (Phi) is 6.95. The maximum Gasteiger partial charge on any atom is 0.215 e. The zero-order valence-corrected chi connectivity index (χ0v) is 11.2. The molecule has 0 aliphatic heterocycles. The van der Waals surface area contributed by atoms with Gasteiger partial charge in [0.1, 0.15) is 0 Å². The van der Waals surface area contributed by atoms with Gasteiger partial charge in [0.05, 0.1) is 12.7 Å². The lowest BCUT2D eigenvalue weighted by atomic mass is 10.2. The number of pyridine rings is 1. The van der Waals surface area contributed by atoms with Crippen molar-refractivity contribution in [2.24, 2.45) is 10.2 Å². The van der Waals surface area contributed by atoms with Gasteiger partial charge in [0.15, 0.2) is 11.6 Å². The molecule has 0 fully saturated rings. The van der Waals surface area contributed by atoms with Crippen LogP contribution in [0.25, 0.3) is 0 Å². The second kappa shape index (κ2) is 7.94. The number of anilines is 1. The summed E-state index contributed by atoms with van der Waals surface area (Å²) >= 11 is 0. The van der Waals surface area contributed by atoms with Crippen LogP contribution in [0.3, 0.4) is 0 Å². The molecular weight excluding hydrogens is 232 g/mol. The minimum Gasteiger partial charge on any atom is -0.481 e. The number of rotatable bonds is 5. The molecule has 0 aromatic carbocycles. The first kappa shape index (κ1) is 15.8. The molecule has 0 unspecified atom stereocenters. The highest BCUT2D eigenvalue weighted by Crippen LogP contribution is 2.22. The third-order valence-electron chi connectivity index (χ3n) is 1.90. The summed E-state index contributed by atoms with van der Waals surface area (Å²) in [6.45, 7) is 12.1. The fourth-order valence-electron chi connectivity index (χ4n) is 1.15. The Morgan fingerprint density at radius 2 is 1.89 bits per heavy atom. The van der Waals surface area contributed by atoms with Gasteiger partial charge in [-0.3, -0.25) is 4.79 Å². The van der Waals surface area contributed by atoms with E-state index in [4.69, 9.17) is 4.74 Å². The van der Waals surface area contributed by atoms with Crippen LogP contribution in [0.15, 0.2) is 22.3 Å². The van der Waals surface area contributed by atoms with E-state index in [1.807, 2.05) is 13.8 Å².